The lowest BCUT2D eigenvalue weighted by atomic mass is 9.78. The number of hydrogen-bond donors (Lipinski definition) is 1. The van der Waals surface area contributed by atoms with Gasteiger partial charge < -0.3 is 14.8 Å². The highest BCUT2D eigenvalue weighted by atomic mass is 16.5. The molecule has 0 radical (unpaired) electrons. The fraction of sp³-hybridized carbons (Fsp3) is 0.632. The van der Waals surface area contributed by atoms with E-state index in [1.807, 2.05) is 24.3 Å². The van der Waals surface area contributed by atoms with Crippen LogP contribution in [0.5, 0.6) is 11.5 Å². The Hall–Kier alpha value is -1.71. The van der Waals surface area contributed by atoms with Crippen molar-refractivity contribution < 1.29 is 14.3 Å². The van der Waals surface area contributed by atoms with Crippen LogP contribution < -0.4 is 14.8 Å². The zero-order chi connectivity index (χ0) is 16.7. The van der Waals surface area contributed by atoms with Gasteiger partial charge in [-0.2, -0.15) is 0 Å². The summed E-state index contributed by atoms with van der Waals surface area (Å²) in [6.07, 6.45) is 4.86. The molecule has 1 amide bonds. The Morgan fingerprint density at radius 2 is 1.87 bits per heavy atom. The number of hydrogen-bond acceptors (Lipinski definition) is 3. The van der Waals surface area contributed by atoms with Crippen molar-refractivity contribution in [3.05, 3.63) is 24.3 Å². The Morgan fingerprint density at radius 3 is 2.57 bits per heavy atom. The predicted molar refractivity (Wildman–Crippen MR) is 91.8 cm³/mol. The van der Waals surface area contributed by atoms with Crippen LogP contribution in [0.2, 0.25) is 0 Å². The summed E-state index contributed by atoms with van der Waals surface area (Å²) in [6, 6.07) is 7.84. The highest BCUT2D eigenvalue weighted by Crippen LogP contribution is 2.29. The molecule has 1 saturated carbocycles. The Morgan fingerprint density at radius 1 is 1.17 bits per heavy atom. The Bertz CT molecular complexity index is 486. The molecule has 0 bridgehead atoms. The topological polar surface area (TPSA) is 47.6 Å². The molecular weight excluding hydrogens is 290 g/mol. The van der Waals surface area contributed by atoms with Gasteiger partial charge in [-0.05, 0) is 48.9 Å². The minimum atomic E-state index is 0.147. The largest absolute Gasteiger partial charge is 0.497 e. The fourth-order valence-corrected chi connectivity index (χ4v) is 3.16. The van der Waals surface area contributed by atoms with E-state index in [0.29, 0.717) is 30.9 Å². The van der Waals surface area contributed by atoms with Crippen molar-refractivity contribution in [1.82, 2.24) is 5.32 Å². The number of ether oxygens (including phenoxy) is 2. The first-order valence-electron chi connectivity index (χ1n) is 8.66. The van der Waals surface area contributed by atoms with E-state index in [-0.39, 0.29) is 5.91 Å². The van der Waals surface area contributed by atoms with E-state index in [9.17, 15) is 4.79 Å². The molecule has 4 heteroatoms. The summed E-state index contributed by atoms with van der Waals surface area (Å²) >= 11 is 0. The van der Waals surface area contributed by atoms with E-state index < -0.39 is 0 Å². The molecule has 1 aliphatic rings. The first-order valence-corrected chi connectivity index (χ1v) is 8.66. The molecule has 0 aliphatic heterocycles. The Labute approximate surface area is 139 Å². The third-order valence-electron chi connectivity index (χ3n) is 4.93. The quantitative estimate of drug-likeness (QED) is 0.778. The van der Waals surface area contributed by atoms with E-state index in [2.05, 4.69) is 19.2 Å². The van der Waals surface area contributed by atoms with Crippen molar-refractivity contribution >= 4 is 5.91 Å². The molecule has 1 aromatic carbocycles. The summed E-state index contributed by atoms with van der Waals surface area (Å²) in [5.74, 6) is 3.04. The van der Waals surface area contributed by atoms with Crippen molar-refractivity contribution in [3.63, 3.8) is 0 Å². The number of rotatable bonds is 7. The normalized spacial score (nSPS) is 24.0. The average Bonchev–Trinajstić information content (AvgIpc) is 2.56. The summed E-state index contributed by atoms with van der Waals surface area (Å²) < 4.78 is 10.8. The molecule has 4 nitrogen and oxygen atoms in total. The van der Waals surface area contributed by atoms with E-state index in [4.69, 9.17) is 9.47 Å². The maximum Gasteiger partial charge on any atom is 0.220 e. The van der Waals surface area contributed by atoms with Gasteiger partial charge in [0.1, 0.15) is 11.5 Å². The van der Waals surface area contributed by atoms with Gasteiger partial charge in [0.05, 0.1) is 13.7 Å². The van der Waals surface area contributed by atoms with Crippen LogP contribution in [0, 0.1) is 11.8 Å². The van der Waals surface area contributed by atoms with Crippen molar-refractivity contribution in [2.24, 2.45) is 11.8 Å². The molecule has 0 unspecified atom stereocenters. The third-order valence-corrected chi connectivity index (χ3v) is 4.93. The van der Waals surface area contributed by atoms with Crippen LogP contribution in [0.1, 0.15) is 46.0 Å². The molecule has 1 aliphatic carbocycles. The van der Waals surface area contributed by atoms with Gasteiger partial charge in [-0.15, -0.1) is 0 Å². The van der Waals surface area contributed by atoms with E-state index in [1.54, 1.807) is 7.11 Å². The van der Waals surface area contributed by atoms with Gasteiger partial charge in [-0.3, -0.25) is 4.79 Å². The van der Waals surface area contributed by atoms with Crippen molar-refractivity contribution in [2.45, 2.75) is 52.0 Å². The van der Waals surface area contributed by atoms with Gasteiger partial charge in [-0.25, -0.2) is 0 Å². The average molecular weight is 319 g/mol. The molecule has 1 fully saturated rings. The summed E-state index contributed by atoms with van der Waals surface area (Å²) in [5, 5.41) is 3.20. The standard InChI is InChI=1S/C19H29NO3/c1-14-6-4-7-18(15(14)2)20-19(21)8-5-13-23-17-11-9-16(22-3)10-12-17/h9-12,14-15,18H,4-8,13H2,1-3H3,(H,20,21)/t14-,15-,18-/m1/s1. The van der Waals surface area contributed by atoms with Crippen LogP contribution in [0.15, 0.2) is 24.3 Å². The maximum atomic E-state index is 12.1. The van der Waals surface area contributed by atoms with Gasteiger partial charge in [0.15, 0.2) is 0 Å². The van der Waals surface area contributed by atoms with Crippen molar-refractivity contribution in [1.29, 1.82) is 0 Å². The Kier molecular flexibility index (Phi) is 6.75. The van der Waals surface area contributed by atoms with Gasteiger partial charge in [0, 0.05) is 12.5 Å². The van der Waals surface area contributed by atoms with Gasteiger partial charge >= 0.3 is 0 Å². The molecule has 1 aromatic rings. The van der Waals surface area contributed by atoms with Crippen LogP contribution in [-0.2, 0) is 4.79 Å². The predicted octanol–water partition coefficient (Wildman–Crippen LogP) is 3.80. The summed E-state index contributed by atoms with van der Waals surface area (Å²) in [6.45, 7) is 5.09. The molecular formula is C19H29NO3. The zero-order valence-electron chi connectivity index (χ0n) is 14.5. The van der Waals surface area contributed by atoms with Crippen LogP contribution in [-0.4, -0.2) is 25.7 Å². The number of carbonyl (C=O) groups excluding carboxylic acids is 1. The van der Waals surface area contributed by atoms with Crippen molar-refractivity contribution in [2.75, 3.05) is 13.7 Å². The minimum absolute atomic E-state index is 0.147. The SMILES string of the molecule is COc1ccc(OCCCC(=O)N[C@@H]2CCC[C@@H](C)[C@H]2C)cc1. The first kappa shape index (κ1) is 17.6. The van der Waals surface area contributed by atoms with Crippen LogP contribution in [0.4, 0.5) is 0 Å². The highest BCUT2D eigenvalue weighted by Gasteiger charge is 2.27. The minimum Gasteiger partial charge on any atom is -0.497 e. The summed E-state index contributed by atoms with van der Waals surface area (Å²) in [5.41, 5.74) is 0. The molecule has 0 saturated heterocycles. The highest BCUT2D eigenvalue weighted by molar-refractivity contribution is 5.76. The third kappa shape index (κ3) is 5.45. The molecule has 0 heterocycles. The first-order chi connectivity index (χ1) is 11.1. The maximum absolute atomic E-state index is 12.1. The lowest BCUT2D eigenvalue weighted by Crippen LogP contribution is -2.43. The molecule has 23 heavy (non-hydrogen) atoms. The number of benzene rings is 1. The van der Waals surface area contributed by atoms with Crippen LogP contribution >= 0.6 is 0 Å². The smallest absolute Gasteiger partial charge is 0.220 e. The molecule has 1 N–H and O–H groups in total. The summed E-state index contributed by atoms with van der Waals surface area (Å²) in [4.78, 5) is 12.1. The van der Waals surface area contributed by atoms with Gasteiger partial charge in [0.2, 0.25) is 5.91 Å². The molecule has 0 spiro atoms. The molecule has 128 valence electrons. The van der Waals surface area contributed by atoms with E-state index in [0.717, 1.165) is 24.3 Å². The fourth-order valence-electron chi connectivity index (χ4n) is 3.16. The second-order valence-electron chi connectivity index (χ2n) is 6.57. The van der Waals surface area contributed by atoms with Crippen molar-refractivity contribution in [3.8, 4) is 11.5 Å². The zero-order valence-corrected chi connectivity index (χ0v) is 14.5. The molecule has 2 rings (SSSR count). The van der Waals surface area contributed by atoms with Crippen LogP contribution in [0.25, 0.3) is 0 Å². The number of carbonyl (C=O) groups is 1. The van der Waals surface area contributed by atoms with E-state index >= 15 is 0 Å². The Balaban J connectivity index is 1.64. The second kappa shape index (κ2) is 8.80. The monoisotopic (exact) mass is 319 g/mol. The second-order valence-corrected chi connectivity index (χ2v) is 6.57. The van der Waals surface area contributed by atoms with Crippen LogP contribution in [0.3, 0.4) is 0 Å². The number of methoxy groups -OCH3 is 1. The van der Waals surface area contributed by atoms with Gasteiger partial charge in [0.25, 0.3) is 0 Å². The van der Waals surface area contributed by atoms with Gasteiger partial charge in [-0.1, -0.05) is 26.7 Å². The lowest BCUT2D eigenvalue weighted by molar-refractivity contribution is -0.122. The number of nitrogens with one attached hydrogen (secondary N) is 1. The summed E-state index contributed by atoms with van der Waals surface area (Å²) in [7, 11) is 1.64. The number of amides is 1. The molecule has 0 aromatic heterocycles. The molecule has 3 atom stereocenters. The lowest BCUT2D eigenvalue weighted by Gasteiger charge is -2.34. The van der Waals surface area contributed by atoms with E-state index in [1.165, 1.54) is 12.8 Å².